The van der Waals surface area contributed by atoms with Gasteiger partial charge in [-0.2, -0.15) is 0 Å². The highest BCUT2D eigenvalue weighted by molar-refractivity contribution is 5.25. The Morgan fingerprint density at radius 1 is 1.05 bits per heavy atom. The van der Waals surface area contributed by atoms with E-state index in [2.05, 4.69) is 12.2 Å². The van der Waals surface area contributed by atoms with E-state index >= 15 is 0 Å². The van der Waals surface area contributed by atoms with Gasteiger partial charge in [0.25, 0.3) is 0 Å². The van der Waals surface area contributed by atoms with Crippen LogP contribution in [-0.4, -0.2) is 7.05 Å². The molecule has 0 bridgehead atoms. The van der Waals surface area contributed by atoms with Crippen LogP contribution in [-0.2, 0) is 0 Å². The first-order chi connectivity index (χ1) is 8.99. The molecule has 1 N–H and O–H groups in total. The first-order valence-electron chi connectivity index (χ1n) is 6.80. The summed E-state index contributed by atoms with van der Waals surface area (Å²) in [5.41, 5.74) is 0.115. The summed E-state index contributed by atoms with van der Waals surface area (Å²) in [7, 11) is 1.74. The van der Waals surface area contributed by atoms with Crippen LogP contribution in [0.3, 0.4) is 0 Å². The molecule has 19 heavy (non-hydrogen) atoms. The minimum atomic E-state index is -1.38. The van der Waals surface area contributed by atoms with Gasteiger partial charge in [0, 0.05) is 11.6 Å². The van der Waals surface area contributed by atoms with Crippen molar-refractivity contribution in [2.24, 2.45) is 5.41 Å². The Bertz CT molecular complexity index is 453. The number of hydrogen-bond acceptors (Lipinski definition) is 1. The molecule has 1 saturated carbocycles. The minimum Gasteiger partial charge on any atom is -0.312 e. The summed E-state index contributed by atoms with van der Waals surface area (Å²) in [5.74, 6) is -3.58. The lowest BCUT2D eigenvalue weighted by Gasteiger charge is -2.41. The zero-order valence-electron chi connectivity index (χ0n) is 11.4. The first kappa shape index (κ1) is 14.4. The summed E-state index contributed by atoms with van der Waals surface area (Å²) in [5, 5.41) is 3.09. The molecule has 1 aromatic rings. The number of hydrogen-bond donors (Lipinski definition) is 1. The largest absolute Gasteiger partial charge is 0.312 e. The van der Waals surface area contributed by atoms with Crippen LogP contribution in [0.1, 0.15) is 50.6 Å². The zero-order chi connectivity index (χ0) is 14.0. The summed E-state index contributed by atoms with van der Waals surface area (Å²) < 4.78 is 40.4. The second-order valence-electron chi connectivity index (χ2n) is 5.70. The summed E-state index contributed by atoms with van der Waals surface area (Å²) in [4.78, 5) is 0. The third-order valence-electron chi connectivity index (χ3n) is 4.36. The second kappa shape index (κ2) is 5.53. The molecule has 0 saturated heterocycles. The molecule has 2 rings (SSSR count). The van der Waals surface area contributed by atoms with E-state index in [1.807, 2.05) is 0 Å². The zero-order valence-corrected chi connectivity index (χ0v) is 11.4. The van der Waals surface area contributed by atoms with Gasteiger partial charge in [-0.25, -0.2) is 13.2 Å². The van der Waals surface area contributed by atoms with Gasteiger partial charge in [0.2, 0.25) is 0 Å². The highest BCUT2D eigenvalue weighted by Crippen LogP contribution is 2.46. The SMILES string of the molecule is CNC(c1ccc(F)c(F)c1F)C1(C)CCCCC1. The van der Waals surface area contributed by atoms with Crippen molar-refractivity contribution in [1.82, 2.24) is 5.32 Å². The van der Waals surface area contributed by atoms with Crippen molar-refractivity contribution in [3.63, 3.8) is 0 Å². The molecule has 106 valence electrons. The lowest BCUT2D eigenvalue weighted by molar-refractivity contribution is 0.147. The van der Waals surface area contributed by atoms with Gasteiger partial charge >= 0.3 is 0 Å². The molecule has 0 aliphatic heterocycles. The van der Waals surface area contributed by atoms with Gasteiger partial charge in [0.1, 0.15) is 0 Å². The maximum Gasteiger partial charge on any atom is 0.194 e. The van der Waals surface area contributed by atoms with Gasteiger partial charge in [-0.1, -0.05) is 32.3 Å². The summed E-state index contributed by atoms with van der Waals surface area (Å²) >= 11 is 0. The van der Waals surface area contributed by atoms with Crippen LogP contribution in [0.15, 0.2) is 12.1 Å². The fraction of sp³-hybridized carbons (Fsp3) is 0.600. The highest BCUT2D eigenvalue weighted by atomic mass is 19.2. The summed E-state index contributed by atoms with van der Waals surface area (Å²) in [6.45, 7) is 2.09. The lowest BCUT2D eigenvalue weighted by atomic mass is 9.68. The molecule has 0 radical (unpaired) electrons. The number of halogens is 3. The van der Waals surface area contributed by atoms with E-state index in [0.717, 1.165) is 31.7 Å². The maximum atomic E-state index is 14.0. The number of nitrogens with one attached hydrogen (secondary N) is 1. The minimum absolute atomic E-state index is 0.113. The fourth-order valence-corrected chi connectivity index (χ4v) is 3.29. The van der Waals surface area contributed by atoms with Crippen molar-refractivity contribution in [3.8, 4) is 0 Å². The van der Waals surface area contributed by atoms with Crippen LogP contribution < -0.4 is 5.32 Å². The van der Waals surface area contributed by atoms with Gasteiger partial charge in [-0.05, 0) is 31.4 Å². The van der Waals surface area contributed by atoms with E-state index in [1.165, 1.54) is 12.5 Å². The van der Waals surface area contributed by atoms with E-state index in [-0.39, 0.29) is 17.0 Å². The molecule has 4 heteroatoms. The number of rotatable bonds is 3. The summed E-state index contributed by atoms with van der Waals surface area (Å²) in [6.07, 6.45) is 5.32. The van der Waals surface area contributed by atoms with Gasteiger partial charge < -0.3 is 5.32 Å². The van der Waals surface area contributed by atoms with Crippen molar-refractivity contribution in [3.05, 3.63) is 35.1 Å². The Morgan fingerprint density at radius 3 is 2.26 bits per heavy atom. The second-order valence-corrected chi connectivity index (χ2v) is 5.70. The van der Waals surface area contributed by atoms with Crippen molar-refractivity contribution in [2.75, 3.05) is 7.05 Å². The Balaban J connectivity index is 2.39. The molecule has 1 atom stereocenters. The third kappa shape index (κ3) is 2.64. The fourth-order valence-electron chi connectivity index (χ4n) is 3.29. The normalized spacial score (nSPS) is 20.3. The van der Waals surface area contributed by atoms with Crippen molar-refractivity contribution < 1.29 is 13.2 Å². The third-order valence-corrected chi connectivity index (χ3v) is 4.36. The van der Waals surface area contributed by atoms with Gasteiger partial charge in [0.15, 0.2) is 17.5 Å². The molecule has 0 heterocycles. The average molecular weight is 271 g/mol. The van der Waals surface area contributed by atoms with Gasteiger partial charge in [-0.15, -0.1) is 0 Å². The molecule has 1 unspecified atom stereocenters. The predicted molar refractivity (Wildman–Crippen MR) is 69.3 cm³/mol. The topological polar surface area (TPSA) is 12.0 Å². The molecule has 1 nitrogen and oxygen atoms in total. The first-order valence-corrected chi connectivity index (χ1v) is 6.80. The van der Waals surface area contributed by atoms with Gasteiger partial charge in [0.05, 0.1) is 0 Å². The van der Waals surface area contributed by atoms with E-state index in [9.17, 15) is 13.2 Å². The standard InChI is InChI=1S/C15H20F3N/c1-15(8-4-3-5-9-15)14(19-2)10-6-7-11(16)13(18)12(10)17/h6-7,14,19H,3-5,8-9H2,1-2H3. The van der Waals surface area contributed by atoms with Crippen molar-refractivity contribution >= 4 is 0 Å². The highest BCUT2D eigenvalue weighted by Gasteiger charge is 2.37. The van der Waals surface area contributed by atoms with Crippen LogP contribution in [0.4, 0.5) is 13.2 Å². The van der Waals surface area contributed by atoms with Crippen LogP contribution >= 0.6 is 0 Å². The van der Waals surface area contributed by atoms with Crippen molar-refractivity contribution in [2.45, 2.75) is 45.1 Å². The van der Waals surface area contributed by atoms with E-state index in [1.54, 1.807) is 7.05 Å². The monoisotopic (exact) mass is 271 g/mol. The summed E-state index contributed by atoms with van der Waals surface area (Å²) in [6, 6.07) is 2.07. The Labute approximate surface area is 112 Å². The Kier molecular flexibility index (Phi) is 4.19. The molecule has 1 aromatic carbocycles. The molecule has 1 aliphatic carbocycles. The van der Waals surface area contributed by atoms with Gasteiger partial charge in [-0.3, -0.25) is 0 Å². The molecular formula is C15H20F3N. The predicted octanol–water partition coefficient (Wildman–Crippen LogP) is 4.33. The van der Waals surface area contributed by atoms with E-state index in [0.29, 0.717) is 0 Å². The number of benzene rings is 1. The van der Waals surface area contributed by atoms with Crippen molar-refractivity contribution in [1.29, 1.82) is 0 Å². The molecule has 0 aromatic heterocycles. The Hall–Kier alpha value is -1.03. The molecule has 1 fully saturated rings. The van der Waals surface area contributed by atoms with Crippen LogP contribution in [0.25, 0.3) is 0 Å². The molecule has 1 aliphatic rings. The average Bonchev–Trinajstić information content (AvgIpc) is 2.40. The quantitative estimate of drug-likeness (QED) is 0.807. The van der Waals surface area contributed by atoms with Crippen LogP contribution in [0.5, 0.6) is 0 Å². The molecular weight excluding hydrogens is 251 g/mol. The van der Waals surface area contributed by atoms with E-state index in [4.69, 9.17) is 0 Å². The van der Waals surface area contributed by atoms with Crippen LogP contribution in [0.2, 0.25) is 0 Å². The molecule has 0 amide bonds. The Morgan fingerprint density at radius 2 is 1.68 bits per heavy atom. The van der Waals surface area contributed by atoms with E-state index < -0.39 is 17.5 Å². The van der Waals surface area contributed by atoms with Crippen LogP contribution in [0, 0.1) is 22.9 Å². The smallest absolute Gasteiger partial charge is 0.194 e. The maximum absolute atomic E-state index is 14.0. The lowest BCUT2D eigenvalue weighted by Crippen LogP contribution is -2.36. The molecule has 0 spiro atoms.